The molecular formula is C16H22BrNO3. The number of hydrogen-bond donors (Lipinski definition) is 1. The van der Waals surface area contributed by atoms with Crippen LogP contribution >= 0.6 is 15.9 Å². The van der Waals surface area contributed by atoms with E-state index in [-0.39, 0.29) is 17.8 Å². The van der Waals surface area contributed by atoms with Crippen LogP contribution in [-0.4, -0.2) is 30.9 Å². The van der Waals surface area contributed by atoms with Gasteiger partial charge in [0, 0.05) is 29.4 Å². The number of halogens is 1. The Labute approximate surface area is 134 Å². The summed E-state index contributed by atoms with van der Waals surface area (Å²) in [6, 6.07) is 7.26. The molecule has 0 bridgehead atoms. The number of hydrogen-bond acceptors (Lipinski definition) is 3. The van der Waals surface area contributed by atoms with Gasteiger partial charge in [-0.25, -0.2) is 0 Å². The van der Waals surface area contributed by atoms with E-state index in [2.05, 4.69) is 21.2 Å². The molecule has 0 saturated carbocycles. The first kappa shape index (κ1) is 17.9. The fourth-order valence-corrected chi connectivity index (χ4v) is 2.03. The van der Waals surface area contributed by atoms with Crippen LogP contribution in [0.1, 0.15) is 43.5 Å². The molecule has 0 aliphatic carbocycles. The van der Waals surface area contributed by atoms with Crippen LogP contribution in [0.15, 0.2) is 28.7 Å². The van der Waals surface area contributed by atoms with Crippen LogP contribution in [0.2, 0.25) is 0 Å². The Morgan fingerprint density at radius 1 is 1.19 bits per heavy atom. The highest BCUT2D eigenvalue weighted by Crippen LogP contribution is 2.13. The van der Waals surface area contributed by atoms with Gasteiger partial charge in [-0.05, 0) is 32.4 Å². The van der Waals surface area contributed by atoms with Gasteiger partial charge < -0.3 is 10.1 Å². The highest BCUT2D eigenvalue weighted by molar-refractivity contribution is 9.10. The Morgan fingerprint density at radius 3 is 2.48 bits per heavy atom. The number of Topliss-reactive ketones (excluding diaryl/α,β-unsaturated/α-hetero) is 1. The van der Waals surface area contributed by atoms with Crippen molar-refractivity contribution in [2.75, 3.05) is 13.2 Å². The molecule has 0 unspecified atom stereocenters. The fraction of sp³-hybridized carbons (Fsp3) is 0.500. The van der Waals surface area contributed by atoms with E-state index in [4.69, 9.17) is 4.74 Å². The van der Waals surface area contributed by atoms with E-state index in [1.54, 1.807) is 12.1 Å². The minimum Gasteiger partial charge on any atom is -0.377 e. The molecule has 0 radical (unpaired) electrons. The zero-order valence-corrected chi connectivity index (χ0v) is 14.1. The molecule has 1 aromatic carbocycles. The summed E-state index contributed by atoms with van der Waals surface area (Å²) in [7, 11) is 0. The van der Waals surface area contributed by atoms with Crippen LogP contribution in [0.5, 0.6) is 0 Å². The van der Waals surface area contributed by atoms with Gasteiger partial charge in [0.25, 0.3) is 0 Å². The average Bonchev–Trinajstić information content (AvgIpc) is 2.44. The lowest BCUT2D eigenvalue weighted by atomic mass is 10.1. The third-order valence-electron chi connectivity index (χ3n) is 2.85. The van der Waals surface area contributed by atoms with Crippen molar-refractivity contribution in [3.05, 3.63) is 34.3 Å². The molecule has 1 aromatic rings. The van der Waals surface area contributed by atoms with Crippen LogP contribution in [0, 0.1) is 0 Å². The molecule has 0 aromatic heterocycles. The molecule has 0 spiro atoms. The maximum Gasteiger partial charge on any atom is 0.220 e. The first-order valence-corrected chi connectivity index (χ1v) is 7.95. The van der Waals surface area contributed by atoms with Crippen molar-refractivity contribution in [1.82, 2.24) is 5.32 Å². The number of ketones is 1. The minimum absolute atomic E-state index is 0.0361. The lowest BCUT2D eigenvalue weighted by Crippen LogP contribution is -2.27. The van der Waals surface area contributed by atoms with E-state index in [9.17, 15) is 9.59 Å². The standard InChI is InChI=1S/C16H22BrNO3/c1-12(2)21-11-10-18-16(20)5-3-4-15(19)13-6-8-14(17)9-7-13/h6-9,12H,3-5,10-11H2,1-2H3,(H,18,20). The zero-order valence-electron chi connectivity index (χ0n) is 12.5. The number of benzene rings is 1. The molecule has 1 N–H and O–H groups in total. The minimum atomic E-state index is -0.0361. The van der Waals surface area contributed by atoms with Crippen molar-refractivity contribution in [1.29, 1.82) is 0 Å². The van der Waals surface area contributed by atoms with Gasteiger partial charge >= 0.3 is 0 Å². The Bertz CT molecular complexity index is 457. The summed E-state index contributed by atoms with van der Waals surface area (Å²) in [5.74, 6) is 0.0319. The summed E-state index contributed by atoms with van der Waals surface area (Å²) in [6.45, 7) is 4.93. The molecule has 0 atom stereocenters. The molecule has 21 heavy (non-hydrogen) atoms. The van der Waals surface area contributed by atoms with Crippen LogP contribution in [0.4, 0.5) is 0 Å². The first-order valence-electron chi connectivity index (χ1n) is 7.16. The zero-order chi connectivity index (χ0) is 15.7. The molecule has 0 aliphatic heterocycles. The predicted octanol–water partition coefficient (Wildman–Crippen LogP) is 3.34. The van der Waals surface area contributed by atoms with Crippen molar-refractivity contribution >= 4 is 27.6 Å². The van der Waals surface area contributed by atoms with Crippen LogP contribution < -0.4 is 5.32 Å². The number of amides is 1. The Morgan fingerprint density at radius 2 is 1.86 bits per heavy atom. The lowest BCUT2D eigenvalue weighted by molar-refractivity contribution is -0.121. The molecule has 1 amide bonds. The molecular weight excluding hydrogens is 334 g/mol. The maximum atomic E-state index is 11.9. The van der Waals surface area contributed by atoms with E-state index >= 15 is 0 Å². The number of carbonyl (C=O) groups excluding carboxylic acids is 2. The van der Waals surface area contributed by atoms with E-state index in [1.807, 2.05) is 26.0 Å². The highest BCUT2D eigenvalue weighted by Gasteiger charge is 2.07. The molecule has 5 heteroatoms. The lowest BCUT2D eigenvalue weighted by Gasteiger charge is -2.08. The molecule has 4 nitrogen and oxygen atoms in total. The SMILES string of the molecule is CC(C)OCCNC(=O)CCCC(=O)c1ccc(Br)cc1. The van der Waals surface area contributed by atoms with E-state index in [0.717, 1.165) is 4.47 Å². The smallest absolute Gasteiger partial charge is 0.220 e. The van der Waals surface area contributed by atoms with Gasteiger partial charge in [-0.1, -0.05) is 28.1 Å². The van der Waals surface area contributed by atoms with E-state index < -0.39 is 0 Å². The van der Waals surface area contributed by atoms with Gasteiger partial charge in [0.15, 0.2) is 5.78 Å². The average molecular weight is 356 g/mol. The van der Waals surface area contributed by atoms with E-state index in [1.165, 1.54) is 0 Å². The molecule has 1 rings (SSSR count). The van der Waals surface area contributed by atoms with Crippen molar-refractivity contribution in [2.24, 2.45) is 0 Å². The van der Waals surface area contributed by atoms with Crippen LogP contribution in [-0.2, 0) is 9.53 Å². The van der Waals surface area contributed by atoms with Crippen molar-refractivity contribution in [3.63, 3.8) is 0 Å². The van der Waals surface area contributed by atoms with Gasteiger partial charge in [0.2, 0.25) is 5.91 Å². The second kappa shape index (κ2) is 9.68. The number of nitrogens with one attached hydrogen (secondary N) is 1. The van der Waals surface area contributed by atoms with Gasteiger partial charge in [-0.15, -0.1) is 0 Å². The summed E-state index contributed by atoms with van der Waals surface area (Å²) in [4.78, 5) is 23.5. The van der Waals surface area contributed by atoms with Crippen LogP contribution in [0.3, 0.4) is 0 Å². The van der Waals surface area contributed by atoms with Crippen molar-refractivity contribution in [2.45, 2.75) is 39.2 Å². The second-order valence-corrected chi connectivity index (χ2v) is 5.97. The van der Waals surface area contributed by atoms with Crippen molar-refractivity contribution < 1.29 is 14.3 Å². The molecule has 0 heterocycles. The van der Waals surface area contributed by atoms with Gasteiger partial charge in [-0.3, -0.25) is 9.59 Å². The number of carbonyl (C=O) groups is 2. The third-order valence-corrected chi connectivity index (χ3v) is 3.38. The van der Waals surface area contributed by atoms with Gasteiger partial charge in [-0.2, -0.15) is 0 Å². The summed E-state index contributed by atoms with van der Waals surface area (Å²) in [6.07, 6.45) is 1.48. The van der Waals surface area contributed by atoms with E-state index in [0.29, 0.717) is 38.0 Å². The fourth-order valence-electron chi connectivity index (χ4n) is 1.76. The molecule has 0 fully saturated rings. The third kappa shape index (κ3) is 7.97. The molecule has 0 aliphatic rings. The van der Waals surface area contributed by atoms with Crippen LogP contribution in [0.25, 0.3) is 0 Å². The molecule has 0 saturated heterocycles. The quantitative estimate of drug-likeness (QED) is 0.545. The summed E-state index contributed by atoms with van der Waals surface area (Å²) < 4.78 is 6.28. The van der Waals surface area contributed by atoms with Gasteiger partial charge in [0.05, 0.1) is 12.7 Å². The second-order valence-electron chi connectivity index (χ2n) is 5.05. The van der Waals surface area contributed by atoms with Crippen molar-refractivity contribution in [3.8, 4) is 0 Å². The largest absolute Gasteiger partial charge is 0.377 e. The Hall–Kier alpha value is -1.20. The molecule has 116 valence electrons. The predicted molar refractivity (Wildman–Crippen MR) is 86.4 cm³/mol. The summed E-state index contributed by atoms with van der Waals surface area (Å²) in [5, 5.41) is 2.78. The Kier molecular flexibility index (Phi) is 8.23. The number of ether oxygens (including phenoxy) is 1. The number of rotatable bonds is 9. The monoisotopic (exact) mass is 355 g/mol. The highest BCUT2D eigenvalue weighted by atomic mass is 79.9. The topological polar surface area (TPSA) is 55.4 Å². The van der Waals surface area contributed by atoms with Gasteiger partial charge in [0.1, 0.15) is 0 Å². The maximum absolute atomic E-state index is 11.9. The Balaban J connectivity index is 2.16. The summed E-state index contributed by atoms with van der Waals surface area (Å²) >= 11 is 3.33. The normalized spacial score (nSPS) is 10.7. The first-order chi connectivity index (χ1) is 9.99. The summed E-state index contributed by atoms with van der Waals surface area (Å²) in [5.41, 5.74) is 0.684.